The third kappa shape index (κ3) is 0.501. The minimum absolute atomic E-state index is 0.328. The van der Waals surface area contributed by atoms with Crippen molar-refractivity contribution < 1.29 is 0 Å². The van der Waals surface area contributed by atoms with Gasteiger partial charge in [-0.2, -0.15) is 0 Å². The zero-order valence-electron chi connectivity index (χ0n) is 4.93. The molecule has 2 aliphatic rings. The molecule has 0 aromatic heterocycles. The Morgan fingerprint density at radius 1 is 1.38 bits per heavy atom. The number of fused-ring (bicyclic) bond motifs is 2. The summed E-state index contributed by atoms with van der Waals surface area (Å²) in [6, 6.07) is 0.773. The summed E-state index contributed by atoms with van der Waals surface area (Å²) >= 11 is 0. The molecule has 1 saturated carbocycles. The highest BCUT2D eigenvalue weighted by Gasteiger charge is 2.36. The van der Waals surface area contributed by atoms with Gasteiger partial charge in [0.25, 0.3) is 0 Å². The number of rotatable bonds is 0. The van der Waals surface area contributed by atoms with Gasteiger partial charge in [-0.05, 0) is 25.2 Å². The van der Waals surface area contributed by atoms with E-state index in [1.165, 1.54) is 19.3 Å². The Balaban J connectivity index is 2.11. The van der Waals surface area contributed by atoms with Crippen LogP contribution in [0.2, 0.25) is 0 Å². The number of nitrogens with two attached hydrogens (primary N) is 1. The summed E-state index contributed by atoms with van der Waals surface area (Å²) in [7, 11) is 0. The Morgan fingerprint density at radius 3 is 2.50 bits per heavy atom. The fourth-order valence-electron chi connectivity index (χ4n) is 1.90. The van der Waals surface area contributed by atoms with E-state index in [9.17, 15) is 0 Å². The van der Waals surface area contributed by atoms with E-state index in [2.05, 4.69) is 5.32 Å². The maximum absolute atomic E-state index is 5.71. The van der Waals surface area contributed by atoms with Gasteiger partial charge >= 0.3 is 0 Å². The maximum atomic E-state index is 5.71. The first-order valence-corrected chi connectivity index (χ1v) is 3.38. The fourth-order valence-corrected chi connectivity index (χ4v) is 1.90. The summed E-state index contributed by atoms with van der Waals surface area (Å²) in [6.45, 7) is 0. The quantitative estimate of drug-likeness (QED) is 0.464. The molecule has 2 fully saturated rings. The van der Waals surface area contributed by atoms with Crippen LogP contribution in [-0.4, -0.2) is 12.2 Å². The van der Waals surface area contributed by atoms with Crippen LogP contribution in [0, 0.1) is 5.92 Å². The molecule has 0 spiro atoms. The molecule has 1 aliphatic heterocycles. The van der Waals surface area contributed by atoms with E-state index in [1.807, 2.05) is 0 Å². The number of nitrogens with one attached hydrogen (secondary N) is 1. The highest BCUT2D eigenvalue weighted by Crippen LogP contribution is 2.32. The second-order valence-electron chi connectivity index (χ2n) is 2.96. The second-order valence-corrected chi connectivity index (χ2v) is 2.96. The molecule has 2 nitrogen and oxygen atoms in total. The van der Waals surface area contributed by atoms with Crippen LogP contribution in [0.25, 0.3) is 0 Å². The molecule has 1 heterocycles. The molecule has 1 aliphatic carbocycles. The van der Waals surface area contributed by atoms with Gasteiger partial charge in [0.1, 0.15) is 0 Å². The monoisotopic (exact) mass is 112 g/mol. The number of hydrogen-bond acceptors (Lipinski definition) is 2. The molecule has 0 aromatic rings. The van der Waals surface area contributed by atoms with E-state index in [1.54, 1.807) is 0 Å². The summed E-state index contributed by atoms with van der Waals surface area (Å²) in [4.78, 5) is 0. The third-order valence-corrected chi connectivity index (χ3v) is 2.41. The first-order valence-electron chi connectivity index (χ1n) is 3.38. The third-order valence-electron chi connectivity index (χ3n) is 2.41. The Kier molecular flexibility index (Phi) is 0.866. The van der Waals surface area contributed by atoms with E-state index in [-0.39, 0.29) is 0 Å². The van der Waals surface area contributed by atoms with Crippen molar-refractivity contribution in [1.82, 2.24) is 5.32 Å². The molecule has 3 unspecified atom stereocenters. The zero-order chi connectivity index (χ0) is 5.56. The van der Waals surface area contributed by atoms with Gasteiger partial charge in [0.15, 0.2) is 0 Å². The molecule has 2 rings (SSSR count). The Labute approximate surface area is 49.4 Å². The molecule has 1 saturated heterocycles. The topological polar surface area (TPSA) is 38.0 Å². The summed E-state index contributed by atoms with van der Waals surface area (Å²) < 4.78 is 0. The minimum atomic E-state index is 0.328. The van der Waals surface area contributed by atoms with Gasteiger partial charge in [-0.3, -0.25) is 5.32 Å². The smallest absolute Gasteiger partial charge is 0.0578 e. The van der Waals surface area contributed by atoms with Gasteiger partial charge in [-0.1, -0.05) is 0 Å². The SMILES string of the molecule is NC1NC2CCC1C2. The molecule has 0 aromatic carbocycles. The van der Waals surface area contributed by atoms with Crippen molar-refractivity contribution in [2.75, 3.05) is 0 Å². The lowest BCUT2D eigenvalue weighted by Crippen LogP contribution is -2.42. The van der Waals surface area contributed by atoms with Gasteiger partial charge in [0.2, 0.25) is 0 Å². The minimum Gasteiger partial charge on any atom is -0.316 e. The van der Waals surface area contributed by atoms with Gasteiger partial charge in [0.05, 0.1) is 6.17 Å². The molecule has 2 heteroatoms. The van der Waals surface area contributed by atoms with Crippen LogP contribution >= 0.6 is 0 Å². The average molecular weight is 112 g/mol. The Bertz CT molecular complexity index is 101. The van der Waals surface area contributed by atoms with Crippen LogP contribution < -0.4 is 11.1 Å². The van der Waals surface area contributed by atoms with Crippen LogP contribution in [0.1, 0.15) is 19.3 Å². The lowest BCUT2D eigenvalue weighted by molar-refractivity contribution is 0.391. The molecule has 8 heavy (non-hydrogen) atoms. The first-order chi connectivity index (χ1) is 3.86. The van der Waals surface area contributed by atoms with Gasteiger partial charge < -0.3 is 5.73 Å². The molecule has 46 valence electrons. The molecular formula is C6H12N2. The lowest BCUT2D eigenvalue weighted by atomic mass is 10.1. The van der Waals surface area contributed by atoms with Gasteiger partial charge in [-0.15, -0.1) is 0 Å². The number of hydrogen-bond donors (Lipinski definition) is 2. The zero-order valence-corrected chi connectivity index (χ0v) is 4.93. The van der Waals surface area contributed by atoms with E-state index in [0.29, 0.717) is 6.17 Å². The Hall–Kier alpha value is -0.0800. The highest BCUT2D eigenvalue weighted by atomic mass is 15.1. The van der Waals surface area contributed by atoms with Gasteiger partial charge in [-0.25, -0.2) is 0 Å². The van der Waals surface area contributed by atoms with Crippen LogP contribution in [-0.2, 0) is 0 Å². The Morgan fingerprint density at radius 2 is 2.25 bits per heavy atom. The summed E-state index contributed by atoms with van der Waals surface area (Å²) in [5.41, 5.74) is 5.71. The summed E-state index contributed by atoms with van der Waals surface area (Å²) in [5.74, 6) is 0.806. The summed E-state index contributed by atoms with van der Waals surface area (Å²) in [6.07, 6.45) is 4.38. The molecule has 0 radical (unpaired) electrons. The largest absolute Gasteiger partial charge is 0.316 e. The average Bonchev–Trinajstić information content (AvgIpc) is 2.23. The molecule has 3 atom stereocenters. The van der Waals surface area contributed by atoms with Crippen molar-refractivity contribution in [1.29, 1.82) is 0 Å². The van der Waals surface area contributed by atoms with Crippen LogP contribution in [0.5, 0.6) is 0 Å². The second kappa shape index (κ2) is 1.45. The van der Waals surface area contributed by atoms with Crippen LogP contribution in [0.15, 0.2) is 0 Å². The summed E-state index contributed by atoms with van der Waals surface area (Å²) in [5, 5.41) is 3.33. The predicted octanol–water partition coefficient (Wildman–Crippen LogP) is 0.0431. The fraction of sp³-hybridized carbons (Fsp3) is 1.00. The van der Waals surface area contributed by atoms with E-state index in [4.69, 9.17) is 5.73 Å². The van der Waals surface area contributed by atoms with Crippen molar-refractivity contribution in [3.8, 4) is 0 Å². The van der Waals surface area contributed by atoms with Crippen molar-refractivity contribution in [3.05, 3.63) is 0 Å². The van der Waals surface area contributed by atoms with Crippen LogP contribution in [0.4, 0.5) is 0 Å². The molecule has 2 bridgehead atoms. The standard InChI is InChI=1S/C6H12N2/c7-6-4-1-2-5(3-4)8-6/h4-6,8H,1-3,7H2. The van der Waals surface area contributed by atoms with Gasteiger partial charge in [0, 0.05) is 6.04 Å². The van der Waals surface area contributed by atoms with Crippen molar-refractivity contribution in [2.45, 2.75) is 31.5 Å². The number of piperidine rings is 1. The van der Waals surface area contributed by atoms with Crippen molar-refractivity contribution >= 4 is 0 Å². The van der Waals surface area contributed by atoms with E-state index in [0.717, 1.165) is 12.0 Å². The highest BCUT2D eigenvalue weighted by molar-refractivity contribution is 4.93. The first kappa shape index (κ1) is 4.77. The normalized spacial score (nSPS) is 52.9. The van der Waals surface area contributed by atoms with Crippen molar-refractivity contribution in [2.24, 2.45) is 11.7 Å². The lowest BCUT2D eigenvalue weighted by Gasteiger charge is -2.17. The maximum Gasteiger partial charge on any atom is 0.0578 e. The van der Waals surface area contributed by atoms with Crippen molar-refractivity contribution in [3.63, 3.8) is 0 Å². The van der Waals surface area contributed by atoms with E-state index < -0.39 is 0 Å². The molecule has 0 amide bonds. The molecular weight excluding hydrogens is 100 g/mol. The predicted molar refractivity (Wildman–Crippen MR) is 32.2 cm³/mol. The van der Waals surface area contributed by atoms with E-state index >= 15 is 0 Å². The molecule has 3 N–H and O–H groups in total. The van der Waals surface area contributed by atoms with Crippen LogP contribution in [0.3, 0.4) is 0 Å².